The highest BCUT2D eigenvalue weighted by Gasteiger charge is 2.31. The van der Waals surface area contributed by atoms with Crippen LogP contribution >= 0.6 is 0 Å². The van der Waals surface area contributed by atoms with E-state index >= 15 is 0 Å². The van der Waals surface area contributed by atoms with Gasteiger partial charge >= 0.3 is 5.97 Å². The zero-order valence-corrected chi connectivity index (χ0v) is 11.7. The molecule has 1 saturated carbocycles. The highest BCUT2D eigenvalue weighted by atomic mass is 16.4. The van der Waals surface area contributed by atoms with Gasteiger partial charge < -0.3 is 16.2 Å². The molecule has 0 radical (unpaired) electrons. The van der Waals surface area contributed by atoms with Crippen LogP contribution in [0.5, 0.6) is 0 Å². The molecule has 19 heavy (non-hydrogen) atoms. The topological polar surface area (TPSA) is 92.4 Å². The minimum Gasteiger partial charge on any atom is -0.480 e. The number of rotatable bonds is 7. The molecule has 110 valence electrons. The van der Waals surface area contributed by atoms with Crippen LogP contribution in [0.3, 0.4) is 0 Å². The van der Waals surface area contributed by atoms with Crippen molar-refractivity contribution in [3.05, 3.63) is 0 Å². The molecule has 0 spiro atoms. The van der Waals surface area contributed by atoms with Crippen LogP contribution in [0.4, 0.5) is 0 Å². The van der Waals surface area contributed by atoms with Crippen LogP contribution in [-0.4, -0.2) is 29.1 Å². The Morgan fingerprint density at radius 2 is 1.95 bits per heavy atom. The summed E-state index contributed by atoms with van der Waals surface area (Å²) in [7, 11) is 0. The van der Waals surface area contributed by atoms with E-state index in [4.69, 9.17) is 5.73 Å². The summed E-state index contributed by atoms with van der Waals surface area (Å²) >= 11 is 0. The van der Waals surface area contributed by atoms with E-state index in [2.05, 4.69) is 5.32 Å². The summed E-state index contributed by atoms with van der Waals surface area (Å²) in [5.74, 6) is -1.22. The molecular weight excluding hydrogens is 244 g/mol. The molecule has 0 saturated heterocycles. The summed E-state index contributed by atoms with van der Waals surface area (Å²) in [6.07, 6.45) is 7.48. The van der Waals surface area contributed by atoms with E-state index in [0.717, 1.165) is 44.9 Å². The van der Waals surface area contributed by atoms with Crippen molar-refractivity contribution in [1.82, 2.24) is 5.32 Å². The molecule has 0 bridgehead atoms. The number of hydrogen-bond donors (Lipinski definition) is 3. The number of nitrogens with two attached hydrogens (primary N) is 1. The fourth-order valence-corrected chi connectivity index (χ4v) is 2.66. The molecule has 2 unspecified atom stereocenters. The summed E-state index contributed by atoms with van der Waals surface area (Å²) in [6.45, 7) is 2.03. The van der Waals surface area contributed by atoms with Crippen molar-refractivity contribution in [3.63, 3.8) is 0 Å². The van der Waals surface area contributed by atoms with E-state index in [-0.39, 0.29) is 11.8 Å². The molecule has 1 rings (SSSR count). The minimum absolute atomic E-state index is 0.0496. The number of carbonyl (C=O) groups is 2. The smallest absolute Gasteiger partial charge is 0.326 e. The third kappa shape index (κ3) is 5.19. The number of hydrogen-bond acceptors (Lipinski definition) is 3. The maximum absolute atomic E-state index is 11.9. The largest absolute Gasteiger partial charge is 0.480 e. The second-order valence-electron chi connectivity index (χ2n) is 5.47. The van der Waals surface area contributed by atoms with Crippen LogP contribution in [0.1, 0.15) is 58.3 Å². The Kier molecular flexibility index (Phi) is 6.84. The van der Waals surface area contributed by atoms with E-state index in [1.54, 1.807) is 0 Å². The van der Waals surface area contributed by atoms with Gasteiger partial charge in [-0.3, -0.25) is 4.79 Å². The van der Waals surface area contributed by atoms with Gasteiger partial charge in [0, 0.05) is 0 Å². The predicted molar refractivity (Wildman–Crippen MR) is 73.6 cm³/mol. The maximum Gasteiger partial charge on any atom is 0.326 e. The van der Waals surface area contributed by atoms with Gasteiger partial charge in [0.15, 0.2) is 0 Å². The number of carboxylic acids is 1. The normalized spacial score (nSPS) is 19.7. The molecule has 0 aromatic heterocycles. The Morgan fingerprint density at radius 3 is 2.47 bits per heavy atom. The summed E-state index contributed by atoms with van der Waals surface area (Å²) in [6, 6.07) is -1.37. The molecule has 1 aliphatic carbocycles. The van der Waals surface area contributed by atoms with Gasteiger partial charge in [-0.05, 0) is 25.2 Å². The first-order valence-electron chi connectivity index (χ1n) is 7.35. The lowest BCUT2D eigenvalue weighted by Crippen LogP contribution is -2.51. The number of nitrogens with one attached hydrogen (secondary N) is 1. The fourth-order valence-electron chi connectivity index (χ4n) is 2.66. The quantitative estimate of drug-likeness (QED) is 0.656. The van der Waals surface area contributed by atoms with Gasteiger partial charge in [0.25, 0.3) is 0 Å². The summed E-state index contributed by atoms with van der Waals surface area (Å²) < 4.78 is 0. The highest BCUT2D eigenvalue weighted by molar-refractivity contribution is 5.86. The van der Waals surface area contributed by atoms with E-state index < -0.39 is 18.1 Å². The van der Waals surface area contributed by atoms with E-state index in [1.165, 1.54) is 0 Å². The molecule has 0 aromatic rings. The Balaban J connectivity index is 2.52. The molecule has 4 N–H and O–H groups in total. The molecule has 1 aliphatic rings. The number of unbranched alkanes of at least 4 members (excludes halogenated alkanes) is 1. The lowest BCUT2D eigenvalue weighted by Gasteiger charge is -2.28. The van der Waals surface area contributed by atoms with Crippen LogP contribution in [0.15, 0.2) is 0 Å². The molecular formula is C14H26N2O3. The molecule has 0 heterocycles. The predicted octanol–water partition coefficient (Wildman–Crippen LogP) is 1.65. The number of amides is 1. The lowest BCUT2D eigenvalue weighted by atomic mass is 9.83. The van der Waals surface area contributed by atoms with Crippen LogP contribution in [0.25, 0.3) is 0 Å². The van der Waals surface area contributed by atoms with Gasteiger partial charge in [-0.25, -0.2) is 4.79 Å². The Labute approximate surface area is 114 Å². The monoisotopic (exact) mass is 270 g/mol. The lowest BCUT2D eigenvalue weighted by molar-refractivity contribution is -0.144. The zero-order valence-electron chi connectivity index (χ0n) is 11.7. The second-order valence-corrected chi connectivity index (χ2v) is 5.47. The van der Waals surface area contributed by atoms with Crippen molar-refractivity contribution in [3.8, 4) is 0 Å². The molecule has 1 fully saturated rings. The molecule has 5 nitrogen and oxygen atoms in total. The van der Waals surface area contributed by atoms with Gasteiger partial charge in [-0.2, -0.15) is 0 Å². The van der Waals surface area contributed by atoms with Gasteiger partial charge in [0.2, 0.25) is 5.91 Å². The second kappa shape index (κ2) is 8.15. The molecule has 5 heteroatoms. The third-order valence-electron chi connectivity index (χ3n) is 3.89. The van der Waals surface area contributed by atoms with Gasteiger partial charge in [-0.1, -0.05) is 39.0 Å². The van der Waals surface area contributed by atoms with Crippen LogP contribution < -0.4 is 11.1 Å². The number of carboxylic acid groups (broad SMARTS) is 1. The maximum atomic E-state index is 11.9. The summed E-state index contributed by atoms with van der Waals surface area (Å²) in [5.41, 5.74) is 5.78. The van der Waals surface area contributed by atoms with Crippen molar-refractivity contribution in [2.24, 2.45) is 11.7 Å². The SMILES string of the molecule is CCCCC(N)C(=O)NC(C(=O)O)C1CCCCC1. The summed E-state index contributed by atoms with van der Waals surface area (Å²) in [4.78, 5) is 23.2. The minimum atomic E-state index is -0.942. The third-order valence-corrected chi connectivity index (χ3v) is 3.89. The van der Waals surface area contributed by atoms with Crippen LogP contribution in [0.2, 0.25) is 0 Å². The first-order valence-corrected chi connectivity index (χ1v) is 7.35. The van der Waals surface area contributed by atoms with E-state index in [0.29, 0.717) is 6.42 Å². The first kappa shape index (κ1) is 16.0. The van der Waals surface area contributed by atoms with Gasteiger partial charge in [-0.15, -0.1) is 0 Å². The highest BCUT2D eigenvalue weighted by Crippen LogP contribution is 2.26. The van der Waals surface area contributed by atoms with E-state index in [9.17, 15) is 14.7 Å². The van der Waals surface area contributed by atoms with E-state index in [1.807, 2.05) is 6.92 Å². The average Bonchev–Trinajstić information content (AvgIpc) is 2.42. The number of aliphatic carboxylic acids is 1. The van der Waals surface area contributed by atoms with Crippen LogP contribution in [0, 0.1) is 5.92 Å². The van der Waals surface area contributed by atoms with Crippen molar-refractivity contribution in [2.75, 3.05) is 0 Å². The average molecular weight is 270 g/mol. The van der Waals surface area contributed by atoms with Crippen molar-refractivity contribution in [1.29, 1.82) is 0 Å². The standard InChI is InChI=1S/C14H26N2O3/c1-2-3-9-11(15)13(17)16-12(14(18)19)10-7-5-4-6-8-10/h10-12H,2-9,15H2,1H3,(H,16,17)(H,18,19). The van der Waals surface area contributed by atoms with Gasteiger partial charge in [0.05, 0.1) is 6.04 Å². The Bertz CT molecular complexity index is 301. The molecule has 0 aliphatic heterocycles. The van der Waals surface area contributed by atoms with Gasteiger partial charge in [0.1, 0.15) is 6.04 Å². The summed E-state index contributed by atoms with van der Waals surface area (Å²) in [5, 5.41) is 11.9. The van der Waals surface area contributed by atoms with Crippen LogP contribution in [-0.2, 0) is 9.59 Å². The first-order chi connectivity index (χ1) is 9.06. The Hall–Kier alpha value is -1.10. The van der Waals surface area contributed by atoms with Crippen molar-refractivity contribution < 1.29 is 14.7 Å². The Morgan fingerprint density at radius 1 is 1.32 bits per heavy atom. The molecule has 0 aromatic carbocycles. The van der Waals surface area contributed by atoms with Crippen molar-refractivity contribution in [2.45, 2.75) is 70.4 Å². The zero-order chi connectivity index (χ0) is 14.3. The van der Waals surface area contributed by atoms with Crippen molar-refractivity contribution >= 4 is 11.9 Å². The fraction of sp³-hybridized carbons (Fsp3) is 0.857. The molecule has 1 amide bonds. The molecule has 2 atom stereocenters. The number of carbonyl (C=O) groups excluding carboxylic acids is 1.